The van der Waals surface area contributed by atoms with Crippen LogP contribution in [0.25, 0.3) is 31.9 Å². The Hall–Kier alpha value is -0.600. The minimum atomic E-state index is 1.00. The molecule has 0 spiro atoms. The molecule has 0 aliphatic carbocycles. The molecule has 140 valence electrons. The Labute approximate surface area is 188 Å². The van der Waals surface area contributed by atoms with E-state index >= 15 is 0 Å². The molecule has 0 bridgehead atoms. The third-order valence-electron chi connectivity index (χ3n) is 4.58. The van der Waals surface area contributed by atoms with Crippen molar-refractivity contribution in [3.05, 3.63) is 43.5 Å². The first kappa shape index (κ1) is 19.7. The van der Waals surface area contributed by atoms with Crippen LogP contribution in [0.15, 0.2) is 37.9 Å². The molecule has 4 rings (SSSR count). The number of thiophene rings is 2. The van der Waals surface area contributed by atoms with E-state index in [1.54, 1.807) is 22.7 Å². The average molecular weight is 542 g/mol. The summed E-state index contributed by atoms with van der Waals surface area (Å²) in [5.74, 6) is 0. The van der Waals surface area contributed by atoms with E-state index in [4.69, 9.17) is 0 Å². The Kier molecular flexibility index (Phi) is 6.44. The van der Waals surface area contributed by atoms with Crippen LogP contribution in [0.4, 0.5) is 0 Å². The molecule has 0 aliphatic heterocycles. The van der Waals surface area contributed by atoms with E-state index in [2.05, 4.69) is 77.9 Å². The first-order valence-corrected chi connectivity index (χ1v) is 12.9. The lowest BCUT2D eigenvalue weighted by Gasteiger charge is -2.03. The van der Waals surface area contributed by atoms with E-state index in [1.807, 2.05) is 0 Å². The monoisotopic (exact) mass is 540 g/mol. The van der Waals surface area contributed by atoms with Gasteiger partial charge in [-0.25, -0.2) is 0 Å². The van der Waals surface area contributed by atoms with E-state index in [0.717, 1.165) is 26.8 Å². The maximum absolute atomic E-state index is 4.63. The molecule has 0 atom stereocenters. The average Bonchev–Trinajstić information content (AvgIpc) is 3.38. The van der Waals surface area contributed by atoms with E-state index < -0.39 is 0 Å². The molecule has 3 aromatic heterocycles. The SMILES string of the molecule is CCCCCCc1cc(-c2ccc(-c3ccc(Br)s3)c3nsnc23)sc1Br. The van der Waals surface area contributed by atoms with Crippen LogP contribution in [0.3, 0.4) is 0 Å². The number of fused-ring (bicyclic) bond motifs is 1. The van der Waals surface area contributed by atoms with Gasteiger partial charge >= 0.3 is 0 Å². The normalized spacial score (nSPS) is 11.5. The van der Waals surface area contributed by atoms with Gasteiger partial charge in [0.15, 0.2) is 0 Å². The number of nitrogens with zero attached hydrogens (tertiary/aromatic N) is 2. The summed E-state index contributed by atoms with van der Waals surface area (Å²) in [4.78, 5) is 2.49. The Morgan fingerprint density at radius 3 is 2.26 bits per heavy atom. The van der Waals surface area contributed by atoms with Crippen LogP contribution in [0.2, 0.25) is 0 Å². The van der Waals surface area contributed by atoms with Gasteiger partial charge in [0, 0.05) is 20.9 Å². The second kappa shape index (κ2) is 8.82. The summed E-state index contributed by atoms with van der Waals surface area (Å²) in [6, 6.07) is 10.9. The molecule has 0 N–H and O–H groups in total. The van der Waals surface area contributed by atoms with Gasteiger partial charge in [-0.2, -0.15) is 8.75 Å². The van der Waals surface area contributed by atoms with Crippen molar-refractivity contribution in [2.24, 2.45) is 0 Å². The molecule has 7 heteroatoms. The summed E-state index contributed by atoms with van der Waals surface area (Å²) in [5, 5.41) is 0. The zero-order valence-electron chi connectivity index (χ0n) is 14.8. The molecule has 0 unspecified atom stereocenters. The van der Waals surface area contributed by atoms with Gasteiger partial charge in [0.25, 0.3) is 0 Å². The number of rotatable bonds is 7. The number of halogens is 2. The smallest absolute Gasteiger partial charge is 0.114 e. The van der Waals surface area contributed by atoms with Gasteiger partial charge in [-0.05, 0) is 68.5 Å². The molecule has 4 aromatic rings. The Balaban J connectivity index is 1.68. The van der Waals surface area contributed by atoms with Crippen molar-refractivity contribution in [1.29, 1.82) is 0 Å². The Morgan fingerprint density at radius 2 is 1.59 bits per heavy atom. The number of hydrogen-bond acceptors (Lipinski definition) is 5. The van der Waals surface area contributed by atoms with Crippen molar-refractivity contribution in [3.63, 3.8) is 0 Å². The molecule has 0 saturated heterocycles. The number of aromatic nitrogens is 2. The van der Waals surface area contributed by atoms with Gasteiger partial charge < -0.3 is 0 Å². The Bertz CT molecular complexity index is 1060. The summed E-state index contributed by atoms with van der Waals surface area (Å²) in [5.41, 5.74) is 5.76. The molecule has 3 heterocycles. The van der Waals surface area contributed by atoms with Crippen LogP contribution in [-0.4, -0.2) is 8.75 Å². The van der Waals surface area contributed by atoms with Gasteiger partial charge in [0.1, 0.15) is 11.0 Å². The number of hydrogen-bond donors (Lipinski definition) is 0. The highest BCUT2D eigenvalue weighted by Gasteiger charge is 2.17. The van der Waals surface area contributed by atoms with Crippen LogP contribution in [0.5, 0.6) is 0 Å². The quantitative estimate of drug-likeness (QED) is 0.218. The lowest BCUT2D eigenvalue weighted by Crippen LogP contribution is -1.84. The number of aryl methyl sites for hydroxylation is 1. The number of benzene rings is 1. The first-order chi connectivity index (χ1) is 13.2. The lowest BCUT2D eigenvalue weighted by atomic mass is 10.0. The molecule has 1 aromatic carbocycles. The largest absolute Gasteiger partial charge is 0.172 e. The summed E-state index contributed by atoms with van der Waals surface area (Å²) in [6.45, 7) is 2.25. The summed E-state index contributed by atoms with van der Waals surface area (Å²) in [6.07, 6.45) is 6.29. The minimum absolute atomic E-state index is 1.00. The molecule has 0 radical (unpaired) electrons. The zero-order valence-corrected chi connectivity index (χ0v) is 20.4. The fourth-order valence-electron chi connectivity index (χ4n) is 3.18. The molecule has 27 heavy (non-hydrogen) atoms. The second-order valence-corrected chi connectivity index (χ2v) is 11.8. The van der Waals surface area contributed by atoms with Crippen molar-refractivity contribution in [2.45, 2.75) is 39.0 Å². The van der Waals surface area contributed by atoms with Crippen molar-refractivity contribution in [1.82, 2.24) is 8.75 Å². The van der Waals surface area contributed by atoms with Gasteiger partial charge in [-0.1, -0.05) is 38.3 Å². The van der Waals surface area contributed by atoms with Crippen molar-refractivity contribution >= 4 is 77.3 Å². The van der Waals surface area contributed by atoms with Gasteiger partial charge in [0.05, 0.1) is 19.3 Å². The summed E-state index contributed by atoms with van der Waals surface area (Å²) >= 11 is 12.2. The molecule has 0 fully saturated rings. The third kappa shape index (κ3) is 4.22. The van der Waals surface area contributed by atoms with E-state index in [9.17, 15) is 0 Å². The Morgan fingerprint density at radius 1 is 0.852 bits per heavy atom. The zero-order chi connectivity index (χ0) is 18.8. The fraction of sp³-hybridized carbons (Fsp3) is 0.300. The number of unbranched alkanes of at least 4 members (excludes halogenated alkanes) is 3. The van der Waals surface area contributed by atoms with Crippen molar-refractivity contribution < 1.29 is 0 Å². The van der Waals surface area contributed by atoms with Crippen molar-refractivity contribution in [2.75, 3.05) is 0 Å². The van der Waals surface area contributed by atoms with Gasteiger partial charge in [-0.15, -0.1) is 22.7 Å². The molecule has 0 amide bonds. The van der Waals surface area contributed by atoms with Crippen LogP contribution in [0, 0.1) is 0 Å². The molecule has 0 saturated carbocycles. The second-order valence-electron chi connectivity index (χ2n) is 6.45. The van der Waals surface area contributed by atoms with Crippen LogP contribution in [-0.2, 0) is 6.42 Å². The van der Waals surface area contributed by atoms with Gasteiger partial charge in [0.2, 0.25) is 0 Å². The molecular formula is C20H18Br2N2S3. The lowest BCUT2D eigenvalue weighted by molar-refractivity contribution is 0.667. The standard InChI is InChI=1S/C20H18Br2N2S3/c1-2-3-4-5-6-12-11-16(26-20(12)22)14-8-7-13(15-9-10-17(21)25-15)18-19(14)24-27-23-18/h7-11H,2-6H2,1H3. The molecule has 0 aliphatic rings. The minimum Gasteiger partial charge on any atom is -0.172 e. The predicted octanol–water partition coefficient (Wildman–Crippen LogP) is 8.80. The highest BCUT2D eigenvalue weighted by atomic mass is 79.9. The highest BCUT2D eigenvalue weighted by molar-refractivity contribution is 9.11. The predicted molar refractivity (Wildman–Crippen MR) is 127 cm³/mol. The maximum atomic E-state index is 4.63. The first-order valence-electron chi connectivity index (χ1n) is 8.97. The van der Waals surface area contributed by atoms with E-state index in [1.165, 1.54) is 62.1 Å². The topological polar surface area (TPSA) is 25.8 Å². The van der Waals surface area contributed by atoms with Crippen LogP contribution in [0.1, 0.15) is 38.2 Å². The highest BCUT2D eigenvalue weighted by Crippen LogP contribution is 2.42. The molecular weight excluding hydrogens is 524 g/mol. The van der Waals surface area contributed by atoms with Crippen LogP contribution < -0.4 is 0 Å². The van der Waals surface area contributed by atoms with Gasteiger partial charge in [-0.3, -0.25) is 0 Å². The van der Waals surface area contributed by atoms with E-state index in [-0.39, 0.29) is 0 Å². The van der Waals surface area contributed by atoms with Crippen LogP contribution >= 0.6 is 66.3 Å². The summed E-state index contributed by atoms with van der Waals surface area (Å²) in [7, 11) is 0. The summed E-state index contributed by atoms with van der Waals surface area (Å²) < 4.78 is 11.6. The maximum Gasteiger partial charge on any atom is 0.114 e. The molecule has 2 nitrogen and oxygen atoms in total. The fourth-order valence-corrected chi connectivity index (χ4v) is 6.96. The van der Waals surface area contributed by atoms with Crippen molar-refractivity contribution in [3.8, 4) is 20.9 Å². The third-order valence-corrected chi connectivity index (χ3v) is 8.76. The van der Waals surface area contributed by atoms with E-state index in [0.29, 0.717) is 0 Å².